The molecule has 1 heterocycles. The van der Waals surface area contributed by atoms with Crippen molar-refractivity contribution in [2.75, 3.05) is 42.2 Å². The molecular weight excluding hydrogens is 634 g/mol. The second-order valence-electron chi connectivity index (χ2n) is 9.04. The van der Waals surface area contributed by atoms with E-state index >= 15 is 0 Å². The minimum absolute atomic E-state index is 0.0100. The first-order chi connectivity index (χ1) is 20.9. The fourth-order valence-corrected chi connectivity index (χ4v) is 6.54. The monoisotopic (exact) mass is 661 g/mol. The molecule has 0 unspecified atom stereocenters. The number of aromatic nitrogens is 2. The first-order valence-electron chi connectivity index (χ1n) is 12.7. The van der Waals surface area contributed by atoms with Gasteiger partial charge in [0, 0.05) is 28.7 Å². The zero-order valence-electron chi connectivity index (χ0n) is 23.9. The van der Waals surface area contributed by atoms with Crippen LogP contribution in [0.5, 0.6) is 17.2 Å². The van der Waals surface area contributed by atoms with E-state index in [0.29, 0.717) is 11.4 Å². The Morgan fingerprint density at radius 1 is 0.841 bits per heavy atom. The summed E-state index contributed by atoms with van der Waals surface area (Å²) in [7, 11) is -4.30. The smallest absolute Gasteiger partial charge is 0.265 e. The number of ether oxygens (including phenoxy) is 3. The summed E-state index contributed by atoms with van der Waals surface area (Å²) in [6, 6.07) is 15.2. The van der Waals surface area contributed by atoms with Crippen molar-refractivity contribution < 1.29 is 35.8 Å². The molecule has 2 N–H and O–H groups in total. The quantitative estimate of drug-likeness (QED) is 0.226. The van der Waals surface area contributed by atoms with Gasteiger partial charge in [-0.1, -0.05) is 11.6 Å². The largest absolute Gasteiger partial charge is 0.495 e. The molecule has 0 bridgehead atoms. The second kappa shape index (κ2) is 13.4. The Morgan fingerprint density at radius 2 is 1.48 bits per heavy atom. The van der Waals surface area contributed by atoms with E-state index in [1.54, 1.807) is 13.0 Å². The molecule has 44 heavy (non-hydrogen) atoms. The molecule has 4 rings (SSSR count). The molecule has 0 fully saturated rings. The fourth-order valence-electron chi connectivity index (χ4n) is 3.99. The van der Waals surface area contributed by atoms with Gasteiger partial charge in [0.1, 0.15) is 12.3 Å². The number of rotatable bonds is 12. The number of hydrogen-bond donors (Lipinski definition) is 2. The van der Waals surface area contributed by atoms with Crippen molar-refractivity contribution >= 4 is 54.9 Å². The van der Waals surface area contributed by atoms with E-state index in [0.717, 1.165) is 4.31 Å². The number of amides is 1. The highest BCUT2D eigenvalue weighted by Gasteiger charge is 2.31. The lowest BCUT2D eigenvalue weighted by atomic mass is 10.3. The highest BCUT2D eigenvalue weighted by atomic mass is 35.5. The number of hydrogen-bond acceptors (Lipinski definition) is 10. The number of methoxy groups -OCH3 is 3. The number of carbonyl (C=O) groups is 1. The Kier molecular flexibility index (Phi) is 9.81. The van der Waals surface area contributed by atoms with Gasteiger partial charge in [-0.25, -0.2) is 31.5 Å². The van der Waals surface area contributed by atoms with Crippen molar-refractivity contribution in [2.24, 2.45) is 0 Å². The van der Waals surface area contributed by atoms with E-state index in [4.69, 9.17) is 25.8 Å². The maximum Gasteiger partial charge on any atom is 0.265 e. The molecule has 1 aromatic heterocycles. The van der Waals surface area contributed by atoms with Crippen molar-refractivity contribution in [3.8, 4) is 17.2 Å². The molecule has 4 aromatic rings. The maximum atomic E-state index is 14.0. The summed E-state index contributed by atoms with van der Waals surface area (Å²) in [5, 5.41) is 2.79. The fraction of sp³-hybridized carbons (Fsp3) is 0.179. The molecule has 3 aromatic carbocycles. The molecule has 0 aliphatic carbocycles. The van der Waals surface area contributed by atoms with Gasteiger partial charge in [0.05, 0.1) is 36.8 Å². The summed E-state index contributed by atoms with van der Waals surface area (Å²) in [6.45, 7) is 0.999. The molecule has 0 saturated carbocycles. The van der Waals surface area contributed by atoms with Crippen LogP contribution in [0.4, 0.5) is 17.3 Å². The SMILES string of the molecule is COc1ccc(S(=O)(=O)N(CC(=O)Nc2ccc(S(=O)(=O)Nc3nccc(C)n3)cc2)c2cc(Cl)ccc2OC)cc1OC. The van der Waals surface area contributed by atoms with Crippen molar-refractivity contribution in [1.82, 2.24) is 9.97 Å². The third-order valence-electron chi connectivity index (χ3n) is 6.11. The Morgan fingerprint density at radius 3 is 2.11 bits per heavy atom. The summed E-state index contributed by atoms with van der Waals surface area (Å²) in [4.78, 5) is 20.9. The van der Waals surface area contributed by atoms with E-state index < -0.39 is 32.5 Å². The summed E-state index contributed by atoms with van der Waals surface area (Å²) in [6.07, 6.45) is 1.42. The molecule has 16 heteroatoms. The standard InChI is InChI=1S/C28H28ClN5O8S2/c1-18-13-14-30-28(31-18)33-43(36,37)21-8-6-20(7-9-21)32-27(35)17-34(23-15-19(29)5-11-24(23)40-2)44(38,39)22-10-12-25(41-3)26(16-22)42-4/h5-16H,17H2,1-4H3,(H,32,35)(H,30,31,33). The van der Waals surface area contributed by atoms with Crippen LogP contribution in [0.25, 0.3) is 0 Å². The number of halogens is 1. The van der Waals surface area contributed by atoms with Crippen LogP contribution in [-0.4, -0.2) is 60.6 Å². The molecular formula is C28H28ClN5O8S2. The number of aryl methyl sites for hydroxylation is 1. The summed E-state index contributed by atoms with van der Waals surface area (Å²) >= 11 is 6.20. The predicted octanol–water partition coefficient (Wildman–Crippen LogP) is 4.10. The lowest BCUT2D eigenvalue weighted by Crippen LogP contribution is -2.38. The molecule has 13 nitrogen and oxygen atoms in total. The normalized spacial score (nSPS) is 11.4. The second-order valence-corrected chi connectivity index (χ2v) is 13.0. The Bertz CT molecular complexity index is 1890. The lowest BCUT2D eigenvalue weighted by molar-refractivity contribution is -0.114. The van der Waals surface area contributed by atoms with E-state index in [9.17, 15) is 21.6 Å². The maximum absolute atomic E-state index is 14.0. The lowest BCUT2D eigenvalue weighted by Gasteiger charge is -2.26. The first-order valence-corrected chi connectivity index (χ1v) is 16.0. The Labute approximate surface area is 259 Å². The molecule has 0 aliphatic rings. The van der Waals surface area contributed by atoms with Gasteiger partial charge in [-0.2, -0.15) is 0 Å². The van der Waals surface area contributed by atoms with Crippen LogP contribution in [0.1, 0.15) is 5.69 Å². The topological polar surface area (TPSA) is 166 Å². The first kappa shape index (κ1) is 32.3. The molecule has 1 amide bonds. The molecule has 0 atom stereocenters. The number of nitrogens with zero attached hydrogens (tertiary/aromatic N) is 3. The zero-order chi connectivity index (χ0) is 32.1. The third-order valence-corrected chi connectivity index (χ3v) is 9.44. The van der Waals surface area contributed by atoms with Crippen LogP contribution >= 0.6 is 11.6 Å². The van der Waals surface area contributed by atoms with Gasteiger partial charge in [0.15, 0.2) is 11.5 Å². The van der Waals surface area contributed by atoms with Gasteiger partial charge in [-0.3, -0.25) is 9.10 Å². The van der Waals surface area contributed by atoms with Crippen LogP contribution in [0.15, 0.2) is 82.7 Å². The van der Waals surface area contributed by atoms with Gasteiger partial charge in [0.25, 0.3) is 20.0 Å². The molecule has 232 valence electrons. The minimum atomic E-state index is -4.41. The van der Waals surface area contributed by atoms with Gasteiger partial charge in [0.2, 0.25) is 11.9 Å². The highest BCUT2D eigenvalue weighted by Crippen LogP contribution is 2.37. The number of carbonyl (C=O) groups excluding carboxylic acids is 1. The molecule has 0 aliphatic heterocycles. The van der Waals surface area contributed by atoms with E-state index in [1.165, 1.54) is 88.2 Å². The van der Waals surface area contributed by atoms with E-state index in [1.807, 2.05) is 0 Å². The number of anilines is 3. The van der Waals surface area contributed by atoms with Crippen LogP contribution in [-0.2, 0) is 24.8 Å². The summed E-state index contributed by atoms with van der Waals surface area (Å²) in [5.74, 6) is -0.212. The van der Waals surface area contributed by atoms with Crippen molar-refractivity contribution in [1.29, 1.82) is 0 Å². The highest BCUT2D eigenvalue weighted by molar-refractivity contribution is 7.93. The molecule has 0 radical (unpaired) electrons. The number of sulfonamides is 2. The van der Waals surface area contributed by atoms with E-state index in [-0.39, 0.29) is 43.6 Å². The van der Waals surface area contributed by atoms with Crippen LogP contribution < -0.4 is 28.6 Å². The summed E-state index contributed by atoms with van der Waals surface area (Å²) in [5.41, 5.74) is 0.798. The number of benzene rings is 3. The Balaban J connectivity index is 1.62. The molecule has 0 spiro atoms. The van der Waals surface area contributed by atoms with Gasteiger partial charge < -0.3 is 19.5 Å². The van der Waals surface area contributed by atoms with Crippen molar-refractivity contribution in [2.45, 2.75) is 16.7 Å². The van der Waals surface area contributed by atoms with Crippen LogP contribution in [0.2, 0.25) is 5.02 Å². The summed E-state index contributed by atoms with van der Waals surface area (Å²) < 4.78 is 72.5. The van der Waals surface area contributed by atoms with Gasteiger partial charge >= 0.3 is 0 Å². The predicted molar refractivity (Wildman–Crippen MR) is 165 cm³/mol. The zero-order valence-corrected chi connectivity index (χ0v) is 26.3. The van der Waals surface area contributed by atoms with Gasteiger partial charge in [-0.05, 0) is 67.6 Å². The van der Waals surface area contributed by atoms with Crippen LogP contribution in [0.3, 0.4) is 0 Å². The Hall–Kier alpha value is -4.60. The van der Waals surface area contributed by atoms with Crippen molar-refractivity contribution in [3.63, 3.8) is 0 Å². The minimum Gasteiger partial charge on any atom is -0.495 e. The third kappa shape index (κ3) is 7.30. The average Bonchev–Trinajstić information content (AvgIpc) is 2.99. The van der Waals surface area contributed by atoms with Gasteiger partial charge in [-0.15, -0.1) is 0 Å². The molecule has 0 saturated heterocycles. The van der Waals surface area contributed by atoms with Crippen LogP contribution in [0, 0.1) is 6.92 Å². The van der Waals surface area contributed by atoms with Crippen molar-refractivity contribution in [3.05, 3.63) is 83.6 Å². The average molecular weight is 662 g/mol. The van der Waals surface area contributed by atoms with E-state index in [2.05, 4.69) is 20.0 Å². The number of nitrogens with one attached hydrogen (secondary N) is 2.